The lowest BCUT2D eigenvalue weighted by Crippen LogP contribution is -2.49. The van der Waals surface area contributed by atoms with Gasteiger partial charge in [0.25, 0.3) is 0 Å². The molecular formula is C19H29ClN4O3. The monoisotopic (exact) mass is 396 g/mol. The van der Waals surface area contributed by atoms with Crippen LogP contribution in [0.3, 0.4) is 0 Å². The molecule has 1 aliphatic rings. The Morgan fingerprint density at radius 3 is 2.70 bits per heavy atom. The van der Waals surface area contributed by atoms with Gasteiger partial charge in [-0.15, -0.1) is 0 Å². The molecule has 0 aromatic heterocycles. The molecule has 1 heterocycles. The average molecular weight is 397 g/mol. The maximum Gasteiger partial charge on any atom is 0.409 e. The summed E-state index contributed by atoms with van der Waals surface area (Å²) in [4.78, 5) is 18.2. The molecule has 0 bridgehead atoms. The summed E-state index contributed by atoms with van der Waals surface area (Å²) in [6.45, 7) is 6.87. The number of aliphatic imine (C=N–C) groups is 1. The van der Waals surface area contributed by atoms with Crippen LogP contribution in [0.2, 0.25) is 5.02 Å². The first-order chi connectivity index (χ1) is 13.1. The van der Waals surface area contributed by atoms with Crippen LogP contribution < -0.4 is 15.4 Å². The number of piperidine rings is 1. The Labute approximate surface area is 166 Å². The Hall–Kier alpha value is -2.15. The van der Waals surface area contributed by atoms with Gasteiger partial charge in [-0.2, -0.15) is 0 Å². The topological polar surface area (TPSA) is 75.2 Å². The Kier molecular flexibility index (Phi) is 8.51. The van der Waals surface area contributed by atoms with E-state index < -0.39 is 0 Å². The number of hydrogen-bond donors (Lipinski definition) is 2. The first-order valence-electron chi connectivity index (χ1n) is 9.36. The highest BCUT2D eigenvalue weighted by Gasteiger charge is 2.24. The SMILES string of the molecule is CCNC(=NCc1ccc(Cl)cc1OC)NC1CCN(C(=O)OCC)CC1. The molecule has 1 aliphatic heterocycles. The van der Waals surface area contributed by atoms with Crippen molar-refractivity contribution < 1.29 is 14.3 Å². The number of carbonyl (C=O) groups excluding carboxylic acids is 1. The van der Waals surface area contributed by atoms with Crippen LogP contribution in [0.25, 0.3) is 0 Å². The molecule has 1 amide bonds. The number of carbonyl (C=O) groups is 1. The number of hydrogen-bond acceptors (Lipinski definition) is 4. The number of likely N-dealkylation sites (tertiary alicyclic amines) is 1. The molecule has 0 radical (unpaired) electrons. The largest absolute Gasteiger partial charge is 0.496 e. The number of methoxy groups -OCH3 is 1. The molecule has 8 heteroatoms. The molecule has 1 aromatic carbocycles. The minimum Gasteiger partial charge on any atom is -0.496 e. The van der Waals surface area contributed by atoms with Gasteiger partial charge >= 0.3 is 6.09 Å². The lowest BCUT2D eigenvalue weighted by molar-refractivity contribution is 0.0963. The molecule has 2 rings (SSSR count). The van der Waals surface area contributed by atoms with Crippen LogP contribution in [0.4, 0.5) is 4.79 Å². The van der Waals surface area contributed by atoms with Crippen LogP contribution in [0, 0.1) is 0 Å². The van der Waals surface area contributed by atoms with E-state index in [2.05, 4.69) is 15.6 Å². The number of nitrogens with one attached hydrogen (secondary N) is 2. The Bertz CT molecular complexity index is 646. The Balaban J connectivity index is 1.94. The van der Waals surface area contributed by atoms with Crippen molar-refractivity contribution in [3.63, 3.8) is 0 Å². The van der Waals surface area contributed by atoms with Crippen molar-refractivity contribution in [2.75, 3.05) is 33.4 Å². The van der Waals surface area contributed by atoms with Crippen LogP contribution in [0.15, 0.2) is 23.2 Å². The molecule has 1 saturated heterocycles. The van der Waals surface area contributed by atoms with Gasteiger partial charge in [-0.05, 0) is 38.8 Å². The van der Waals surface area contributed by atoms with Gasteiger partial charge in [-0.3, -0.25) is 0 Å². The molecule has 2 N–H and O–H groups in total. The van der Waals surface area contributed by atoms with Crippen molar-refractivity contribution in [3.8, 4) is 5.75 Å². The van der Waals surface area contributed by atoms with E-state index in [0.29, 0.717) is 31.3 Å². The number of guanidine groups is 1. The van der Waals surface area contributed by atoms with Gasteiger partial charge in [-0.25, -0.2) is 9.79 Å². The molecule has 7 nitrogen and oxygen atoms in total. The van der Waals surface area contributed by atoms with Crippen molar-refractivity contribution in [1.82, 2.24) is 15.5 Å². The molecule has 0 aliphatic carbocycles. The van der Waals surface area contributed by atoms with Crippen LogP contribution in [-0.2, 0) is 11.3 Å². The third-order valence-electron chi connectivity index (χ3n) is 4.36. The highest BCUT2D eigenvalue weighted by Crippen LogP contribution is 2.23. The predicted molar refractivity (Wildman–Crippen MR) is 108 cm³/mol. The number of benzene rings is 1. The first-order valence-corrected chi connectivity index (χ1v) is 9.74. The molecule has 1 aromatic rings. The molecule has 0 spiro atoms. The fraction of sp³-hybridized carbons (Fsp3) is 0.579. The highest BCUT2D eigenvalue weighted by atomic mass is 35.5. The van der Waals surface area contributed by atoms with Gasteiger partial charge in [0.15, 0.2) is 5.96 Å². The lowest BCUT2D eigenvalue weighted by atomic mass is 10.1. The van der Waals surface area contributed by atoms with Crippen LogP contribution in [0.1, 0.15) is 32.3 Å². The van der Waals surface area contributed by atoms with Crippen molar-refractivity contribution in [3.05, 3.63) is 28.8 Å². The van der Waals surface area contributed by atoms with Crippen molar-refractivity contribution in [2.24, 2.45) is 4.99 Å². The zero-order valence-electron chi connectivity index (χ0n) is 16.3. The van der Waals surface area contributed by atoms with Crippen LogP contribution >= 0.6 is 11.6 Å². The highest BCUT2D eigenvalue weighted by molar-refractivity contribution is 6.30. The van der Waals surface area contributed by atoms with E-state index >= 15 is 0 Å². The summed E-state index contributed by atoms with van der Waals surface area (Å²) in [6.07, 6.45) is 1.48. The minimum atomic E-state index is -0.230. The quantitative estimate of drug-likeness (QED) is 0.571. The van der Waals surface area contributed by atoms with Gasteiger partial charge in [0, 0.05) is 36.3 Å². The van der Waals surface area contributed by atoms with Gasteiger partial charge < -0.3 is 25.0 Å². The number of ether oxygens (including phenoxy) is 2. The minimum absolute atomic E-state index is 0.230. The first kappa shape index (κ1) is 21.2. The smallest absolute Gasteiger partial charge is 0.409 e. The second-order valence-electron chi connectivity index (χ2n) is 6.26. The summed E-state index contributed by atoms with van der Waals surface area (Å²) in [6, 6.07) is 5.81. The van der Waals surface area contributed by atoms with Gasteiger partial charge in [-0.1, -0.05) is 17.7 Å². The second kappa shape index (κ2) is 10.9. The van der Waals surface area contributed by atoms with E-state index in [-0.39, 0.29) is 12.1 Å². The van der Waals surface area contributed by atoms with Gasteiger partial charge in [0.1, 0.15) is 5.75 Å². The summed E-state index contributed by atoms with van der Waals surface area (Å²) in [5.41, 5.74) is 0.969. The van der Waals surface area contributed by atoms with E-state index in [1.54, 1.807) is 18.1 Å². The van der Waals surface area contributed by atoms with E-state index in [1.165, 1.54) is 0 Å². The summed E-state index contributed by atoms with van der Waals surface area (Å²) >= 11 is 6.01. The summed E-state index contributed by atoms with van der Waals surface area (Å²) in [5, 5.41) is 7.37. The van der Waals surface area contributed by atoms with Crippen LogP contribution in [0.5, 0.6) is 5.75 Å². The fourth-order valence-electron chi connectivity index (χ4n) is 2.95. The normalized spacial score (nSPS) is 15.4. The standard InChI is InChI=1S/C19H29ClN4O3/c1-4-21-18(22-13-14-6-7-15(20)12-17(14)26-3)23-16-8-10-24(11-9-16)19(25)27-5-2/h6-7,12,16H,4-5,8-11,13H2,1-3H3,(H2,21,22,23). The van der Waals surface area contributed by atoms with Crippen molar-refractivity contribution in [1.29, 1.82) is 0 Å². The van der Waals surface area contributed by atoms with Crippen molar-refractivity contribution >= 4 is 23.7 Å². The van der Waals surface area contributed by atoms with E-state index in [0.717, 1.165) is 36.7 Å². The third-order valence-corrected chi connectivity index (χ3v) is 4.60. The predicted octanol–water partition coefficient (Wildman–Crippen LogP) is 3.02. The zero-order valence-corrected chi connectivity index (χ0v) is 17.0. The Morgan fingerprint density at radius 2 is 2.07 bits per heavy atom. The zero-order chi connectivity index (χ0) is 19.6. The van der Waals surface area contributed by atoms with E-state index in [4.69, 9.17) is 21.1 Å². The number of nitrogens with zero attached hydrogens (tertiary/aromatic N) is 2. The van der Waals surface area contributed by atoms with Gasteiger partial charge in [0.2, 0.25) is 0 Å². The molecule has 0 atom stereocenters. The average Bonchev–Trinajstić information content (AvgIpc) is 2.67. The van der Waals surface area contributed by atoms with E-state index in [9.17, 15) is 4.79 Å². The molecule has 27 heavy (non-hydrogen) atoms. The molecule has 0 unspecified atom stereocenters. The maximum atomic E-state index is 11.8. The molecule has 150 valence electrons. The lowest BCUT2D eigenvalue weighted by Gasteiger charge is -2.32. The maximum absolute atomic E-state index is 11.8. The molecule has 1 fully saturated rings. The second-order valence-corrected chi connectivity index (χ2v) is 6.69. The summed E-state index contributed by atoms with van der Waals surface area (Å²) < 4.78 is 10.4. The third kappa shape index (κ3) is 6.50. The van der Waals surface area contributed by atoms with Crippen molar-refractivity contribution in [2.45, 2.75) is 39.3 Å². The number of halogens is 1. The van der Waals surface area contributed by atoms with Crippen LogP contribution in [-0.4, -0.2) is 56.3 Å². The molecule has 0 saturated carbocycles. The van der Waals surface area contributed by atoms with E-state index in [1.807, 2.05) is 26.0 Å². The summed E-state index contributed by atoms with van der Waals surface area (Å²) in [5.74, 6) is 1.48. The molecular weight excluding hydrogens is 368 g/mol. The number of amides is 1. The Morgan fingerprint density at radius 1 is 1.33 bits per heavy atom. The fourth-order valence-corrected chi connectivity index (χ4v) is 3.11. The van der Waals surface area contributed by atoms with Gasteiger partial charge in [0.05, 0.1) is 20.3 Å². The number of rotatable bonds is 6. The summed E-state index contributed by atoms with van der Waals surface area (Å²) in [7, 11) is 1.62.